The van der Waals surface area contributed by atoms with Gasteiger partial charge in [-0.25, -0.2) is 0 Å². The van der Waals surface area contributed by atoms with Gasteiger partial charge < -0.3 is 14.1 Å². The molecule has 5 nitrogen and oxygen atoms in total. The molecule has 2 aromatic carbocycles. The predicted octanol–water partition coefficient (Wildman–Crippen LogP) is 3.33. The maximum Gasteiger partial charge on any atom is 0.289 e. The number of nitrogens with zero attached hydrogens (tertiary/aromatic N) is 2. The highest BCUT2D eigenvalue weighted by molar-refractivity contribution is 5.96. The second-order valence-electron chi connectivity index (χ2n) is 7.26. The fourth-order valence-electron chi connectivity index (χ4n) is 3.92. The SMILES string of the molecule is O=C(c1cc2ccccc2o1)N1CCN(Cc2ccc3c(c2)OCC3)CC1. The van der Waals surface area contributed by atoms with Crippen LogP contribution in [0.5, 0.6) is 5.75 Å². The Bertz CT molecular complexity index is 953. The van der Waals surface area contributed by atoms with Crippen molar-refractivity contribution in [2.75, 3.05) is 32.8 Å². The maximum absolute atomic E-state index is 12.8. The van der Waals surface area contributed by atoms with Crippen LogP contribution in [-0.4, -0.2) is 48.5 Å². The molecule has 5 heteroatoms. The Hall–Kier alpha value is -2.79. The van der Waals surface area contributed by atoms with Crippen LogP contribution in [0, 0.1) is 0 Å². The Balaban J connectivity index is 1.21. The molecule has 138 valence electrons. The van der Waals surface area contributed by atoms with E-state index in [4.69, 9.17) is 9.15 Å². The molecule has 0 N–H and O–H groups in total. The highest BCUT2D eigenvalue weighted by Gasteiger charge is 2.25. The summed E-state index contributed by atoms with van der Waals surface area (Å²) in [4.78, 5) is 17.0. The first-order valence-electron chi connectivity index (χ1n) is 9.51. The summed E-state index contributed by atoms with van der Waals surface area (Å²) in [6.45, 7) is 4.85. The van der Waals surface area contributed by atoms with E-state index in [0.717, 1.165) is 62.5 Å². The van der Waals surface area contributed by atoms with Crippen molar-refractivity contribution in [1.29, 1.82) is 0 Å². The van der Waals surface area contributed by atoms with Gasteiger partial charge in [0.25, 0.3) is 5.91 Å². The van der Waals surface area contributed by atoms with Crippen LogP contribution < -0.4 is 4.74 Å². The van der Waals surface area contributed by atoms with Gasteiger partial charge in [-0.15, -0.1) is 0 Å². The molecule has 0 spiro atoms. The molecule has 3 aromatic rings. The summed E-state index contributed by atoms with van der Waals surface area (Å²) in [7, 11) is 0. The number of ether oxygens (including phenoxy) is 1. The lowest BCUT2D eigenvalue weighted by Crippen LogP contribution is -2.48. The monoisotopic (exact) mass is 362 g/mol. The number of rotatable bonds is 3. The summed E-state index contributed by atoms with van der Waals surface area (Å²) in [6.07, 6.45) is 1.01. The highest BCUT2D eigenvalue weighted by Crippen LogP contribution is 2.27. The van der Waals surface area contributed by atoms with Crippen molar-refractivity contribution in [2.24, 2.45) is 0 Å². The van der Waals surface area contributed by atoms with Crippen LogP contribution in [-0.2, 0) is 13.0 Å². The Morgan fingerprint density at radius 1 is 1.00 bits per heavy atom. The van der Waals surface area contributed by atoms with Crippen molar-refractivity contribution in [1.82, 2.24) is 9.80 Å². The summed E-state index contributed by atoms with van der Waals surface area (Å²) < 4.78 is 11.4. The van der Waals surface area contributed by atoms with Gasteiger partial charge in [-0.1, -0.05) is 30.3 Å². The zero-order valence-electron chi connectivity index (χ0n) is 15.2. The van der Waals surface area contributed by atoms with E-state index in [2.05, 4.69) is 23.1 Å². The molecule has 2 aliphatic heterocycles. The zero-order valence-corrected chi connectivity index (χ0v) is 15.2. The largest absolute Gasteiger partial charge is 0.493 e. The first-order chi connectivity index (χ1) is 13.3. The molecule has 0 atom stereocenters. The quantitative estimate of drug-likeness (QED) is 0.717. The van der Waals surface area contributed by atoms with Crippen LogP contribution in [0.3, 0.4) is 0 Å². The minimum atomic E-state index is -0.0169. The predicted molar refractivity (Wildman–Crippen MR) is 103 cm³/mol. The first-order valence-corrected chi connectivity index (χ1v) is 9.51. The number of carbonyl (C=O) groups excluding carboxylic acids is 1. The molecule has 2 aliphatic rings. The van der Waals surface area contributed by atoms with Gasteiger partial charge in [-0.3, -0.25) is 9.69 Å². The van der Waals surface area contributed by atoms with Crippen molar-refractivity contribution in [2.45, 2.75) is 13.0 Å². The third-order valence-corrected chi connectivity index (χ3v) is 5.46. The van der Waals surface area contributed by atoms with E-state index in [1.54, 1.807) is 0 Å². The summed E-state index contributed by atoms with van der Waals surface area (Å²) in [5.41, 5.74) is 3.34. The third-order valence-electron chi connectivity index (χ3n) is 5.46. The second kappa shape index (κ2) is 6.74. The second-order valence-corrected chi connectivity index (χ2v) is 7.26. The molecule has 0 unspecified atom stereocenters. The zero-order chi connectivity index (χ0) is 18.2. The first kappa shape index (κ1) is 16.4. The molecule has 0 radical (unpaired) electrons. The van der Waals surface area contributed by atoms with Crippen LogP contribution >= 0.6 is 0 Å². The molecule has 0 aliphatic carbocycles. The average molecular weight is 362 g/mol. The number of amides is 1. The molecule has 3 heterocycles. The van der Waals surface area contributed by atoms with E-state index in [9.17, 15) is 4.79 Å². The Kier molecular flexibility index (Phi) is 4.09. The van der Waals surface area contributed by atoms with Crippen LogP contribution in [0.2, 0.25) is 0 Å². The topological polar surface area (TPSA) is 45.9 Å². The van der Waals surface area contributed by atoms with Gasteiger partial charge in [0.2, 0.25) is 0 Å². The van der Waals surface area contributed by atoms with Crippen molar-refractivity contribution in [3.8, 4) is 5.75 Å². The molecule has 1 aromatic heterocycles. The minimum Gasteiger partial charge on any atom is -0.493 e. The third kappa shape index (κ3) is 3.19. The summed E-state index contributed by atoms with van der Waals surface area (Å²) in [5, 5.41) is 0.971. The fourth-order valence-corrected chi connectivity index (χ4v) is 3.92. The number of fused-ring (bicyclic) bond motifs is 2. The molecule has 0 bridgehead atoms. The number of carbonyl (C=O) groups is 1. The summed E-state index contributed by atoms with van der Waals surface area (Å²) in [6, 6.07) is 16.1. The van der Waals surface area contributed by atoms with E-state index in [1.807, 2.05) is 35.2 Å². The van der Waals surface area contributed by atoms with Gasteiger partial charge in [0, 0.05) is 44.5 Å². The van der Waals surface area contributed by atoms with Crippen LogP contribution in [0.4, 0.5) is 0 Å². The van der Waals surface area contributed by atoms with Gasteiger partial charge in [0.15, 0.2) is 5.76 Å². The molecule has 5 rings (SSSR count). The van der Waals surface area contributed by atoms with Gasteiger partial charge in [-0.2, -0.15) is 0 Å². The lowest BCUT2D eigenvalue weighted by atomic mass is 10.1. The van der Waals surface area contributed by atoms with Crippen LogP contribution in [0.15, 0.2) is 52.9 Å². The normalized spacial score (nSPS) is 17.1. The van der Waals surface area contributed by atoms with Gasteiger partial charge in [-0.05, 0) is 29.3 Å². The van der Waals surface area contributed by atoms with Crippen molar-refractivity contribution in [3.63, 3.8) is 0 Å². The number of piperazine rings is 1. The van der Waals surface area contributed by atoms with Crippen LogP contribution in [0.25, 0.3) is 11.0 Å². The average Bonchev–Trinajstić information content (AvgIpc) is 3.34. The Morgan fingerprint density at radius 2 is 1.85 bits per heavy atom. The van der Waals surface area contributed by atoms with E-state index < -0.39 is 0 Å². The van der Waals surface area contributed by atoms with Crippen molar-refractivity contribution >= 4 is 16.9 Å². The standard InChI is InChI=1S/C22H22N2O3/c25-22(21-14-18-3-1-2-4-19(18)27-21)24-10-8-23(9-11-24)15-16-5-6-17-7-12-26-20(17)13-16/h1-6,13-14H,7-12,15H2. The van der Waals surface area contributed by atoms with Gasteiger partial charge >= 0.3 is 0 Å². The van der Waals surface area contributed by atoms with Gasteiger partial charge in [0.1, 0.15) is 11.3 Å². The molecule has 1 fully saturated rings. The number of benzene rings is 2. The van der Waals surface area contributed by atoms with E-state index >= 15 is 0 Å². The highest BCUT2D eigenvalue weighted by atomic mass is 16.5. The Labute approximate surface area is 158 Å². The van der Waals surface area contributed by atoms with Crippen molar-refractivity contribution < 1.29 is 13.9 Å². The number of furan rings is 1. The maximum atomic E-state index is 12.8. The smallest absolute Gasteiger partial charge is 0.289 e. The van der Waals surface area contributed by atoms with E-state index in [0.29, 0.717) is 5.76 Å². The number of hydrogen-bond donors (Lipinski definition) is 0. The molecular weight excluding hydrogens is 340 g/mol. The van der Waals surface area contributed by atoms with Gasteiger partial charge in [0.05, 0.1) is 6.61 Å². The molecule has 27 heavy (non-hydrogen) atoms. The Morgan fingerprint density at radius 3 is 2.70 bits per heavy atom. The summed E-state index contributed by atoms with van der Waals surface area (Å²) in [5.74, 6) is 1.45. The molecular formula is C22H22N2O3. The fraction of sp³-hybridized carbons (Fsp3) is 0.318. The molecule has 1 saturated heterocycles. The number of hydrogen-bond acceptors (Lipinski definition) is 4. The van der Waals surface area contributed by atoms with E-state index in [1.165, 1.54) is 11.1 Å². The van der Waals surface area contributed by atoms with E-state index in [-0.39, 0.29) is 5.91 Å². The van der Waals surface area contributed by atoms with Crippen molar-refractivity contribution in [3.05, 3.63) is 65.4 Å². The lowest BCUT2D eigenvalue weighted by molar-refractivity contribution is 0.0600. The summed E-state index contributed by atoms with van der Waals surface area (Å²) >= 11 is 0. The molecule has 0 saturated carbocycles. The lowest BCUT2D eigenvalue weighted by Gasteiger charge is -2.34. The molecule has 1 amide bonds. The number of para-hydroxylation sites is 1. The minimum absolute atomic E-state index is 0.0169. The van der Waals surface area contributed by atoms with Crippen LogP contribution in [0.1, 0.15) is 21.7 Å².